The Morgan fingerprint density at radius 2 is 1.81 bits per heavy atom. The third-order valence-corrected chi connectivity index (χ3v) is 2.94. The molecule has 0 aliphatic carbocycles. The monoisotopic (exact) mass is 295 g/mol. The molecule has 0 aromatic heterocycles. The van der Waals surface area contributed by atoms with Crippen molar-refractivity contribution in [2.24, 2.45) is 0 Å². The Bertz CT molecular complexity index is 421. The predicted octanol–water partition coefficient (Wildman–Crippen LogP) is 2.93. The number of ether oxygens (including phenoxy) is 1. The average Bonchev–Trinajstić information content (AvgIpc) is 2.48. The first kappa shape index (κ1) is 16.9. The van der Waals surface area contributed by atoms with Crippen molar-refractivity contribution in [3.63, 3.8) is 0 Å². The number of benzene rings is 1. The molecule has 0 aliphatic heterocycles. The van der Waals surface area contributed by atoms with E-state index in [1.165, 1.54) is 5.56 Å². The molecule has 6 heteroatoms. The van der Waals surface area contributed by atoms with Gasteiger partial charge in [0, 0.05) is 6.42 Å². The molecule has 0 N–H and O–H groups in total. The molecule has 0 bridgehead atoms. The fourth-order valence-corrected chi connectivity index (χ4v) is 1.87. The van der Waals surface area contributed by atoms with Gasteiger partial charge in [0.1, 0.15) is 0 Å². The summed E-state index contributed by atoms with van der Waals surface area (Å²) in [5.41, 5.74) is 1.24. The molecule has 0 amide bonds. The van der Waals surface area contributed by atoms with Gasteiger partial charge < -0.3 is 9.57 Å². The van der Waals surface area contributed by atoms with E-state index in [4.69, 9.17) is 4.74 Å². The van der Waals surface area contributed by atoms with Crippen LogP contribution < -0.4 is 0 Å². The molecule has 1 aromatic carbocycles. The Balaban J connectivity index is 1.93. The highest BCUT2D eigenvalue weighted by atomic mass is 16.9. The van der Waals surface area contributed by atoms with Crippen molar-refractivity contribution in [1.29, 1.82) is 0 Å². The minimum Gasteiger partial charge on any atom is -0.466 e. The molecule has 116 valence electrons. The lowest BCUT2D eigenvalue weighted by Gasteiger charge is -2.05. The molecule has 0 saturated heterocycles. The van der Waals surface area contributed by atoms with Gasteiger partial charge in [-0.05, 0) is 31.2 Å². The van der Waals surface area contributed by atoms with Crippen LogP contribution in [-0.4, -0.2) is 24.3 Å². The predicted molar refractivity (Wildman–Crippen MR) is 77.1 cm³/mol. The molecule has 0 aliphatic rings. The van der Waals surface area contributed by atoms with Crippen LogP contribution in [0.3, 0.4) is 0 Å². The summed E-state index contributed by atoms with van der Waals surface area (Å²) in [6.07, 6.45) is 4.01. The molecular weight excluding hydrogens is 274 g/mol. The Kier molecular flexibility index (Phi) is 8.59. The van der Waals surface area contributed by atoms with E-state index in [2.05, 4.69) is 17.0 Å². The molecule has 6 nitrogen and oxygen atoms in total. The maximum absolute atomic E-state index is 11.4. The summed E-state index contributed by atoms with van der Waals surface area (Å²) >= 11 is 0. The lowest BCUT2D eigenvalue weighted by Crippen LogP contribution is -2.07. The van der Waals surface area contributed by atoms with Crippen LogP contribution in [0.4, 0.5) is 0 Å². The van der Waals surface area contributed by atoms with E-state index in [1.54, 1.807) is 0 Å². The van der Waals surface area contributed by atoms with E-state index in [0.717, 1.165) is 12.8 Å². The Labute approximate surface area is 124 Å². The summed E-state index contributed by atoms with van der Waals surface area (Å²) in [4.78, 5) is 25.5. The zero-order valence-corrected chi connectivity index (χ0v) is 12.0. The Hall–Kier alpha value is -2.11. The SMILES string of the molecule is O=C(CCCCCO[N+](=O)[O-])OCCCc1ccccc1. The van der Waals surface area contributed by atoms with Crippen molar-refractivity contribution in [2.75, 3.05) is 13.2 Å². The van der Waals surface area contributed by atoms with E-state index < -0.39 is 5.09 Å². The summed E-state index contributed by atoms with van der Waals surface area (Å²) < 4.78 is 5.13. The van der Waals surface area contributed by atoms with E-state index in [1.807, 2.05) is 18.2 Å². The number of esters is 1. The second kappa shape index (κ2) is 10.7. The maximum atomic E-state index is 11.4. The number of carbonyl (C=O) groups excluding carboxylic acids is 1. The smallest absolute Gasteiger partial charge is 0.305 e. The molecule has 1 rings (SSSR count). The second-order valence-electron chi connectivity index (χ2n) is 4.68. The average molecular weight is 295 g/mol. The van der Waals surface area contributed by atoms with Crippen molar-refractivity contribution in [1.82, 2.24) is 0 Å². The number of hydrogen-bond donors (Lipinski definition) is 0. The van der Waals surface area contributed by atoms with Crippen LogP contribution in [0.2, 0.25) is 0 Å². The standard InChI is InChI=1S/C15H21NO5/c17-15(11-5-2-6-13-21-16(18)19)20-12-7-10-14-8-3-1-4-9-14/h1,3-4,8-9H,2,5-7,10-13H2. The fraction of sp³-hybridized carbons (Fsp3) is 0.533. The molecule has 21 heavy (non-hydrogen) atoms. The number of rotatable bonds is 11. The van der Waals surface area contributed by atoms with Gasteiger partial charge in [0.2, 0.25) is 0 Å². The van der Waals surface area contributed by atoms with Crippen molar-refractivity contribution < 1.29 is 19.5 Å². The minimum absolute atomic E-state index is 0.0825. The highest BCUT2D eigenvalue weighted by molar-refractivity contribution is 5.69. The highest BCUT2D eigenvalue weighted by Crippen LogP contribution is 2.05. The molecule has 0 heterocycles. The van der Waals surface area contributed by atoms with Crippen LogP contribution >= 0.6 is 0 Å². The zero-order valence-electron chi connectivity index (χ0n) is 12.0. The van der Waals surface area contributed by atoms with E-state index in [-0.39, 0.29) is 12.6 Å². The number of hydrogen-bond acceptors (Lipinski definition) is 5. The summed E-state index contributed by atoms with van der Waals surface area (Å²) in [6, 6.07) is 10.1. The van der Waals surface area contributed by atoms with Crippen molar-refractivity contribution in [3.8, 4) is 0 Å². The number of carbonyl (C=O) groups is 1. The maximum Gasteiger partial charge on any atom is 0.305 e. The number of nitrogens with zero attached hydrogens (tertiary/aromatic N) is 1. The molecule has 0 unspecified atom stereocenters. The van der Waals surface area contributed by atoms with Crippen LogP contribution in [0, 0.1) is 10.1 Å². The summed E-state index contributed by atoms with van der Waals surface area (Å²) in [7, 11) is 0. The highest BCUT2D eigenvalue weighted by Gasteiger charge is 2.03. The quantitative estimate of drug-likeness (QED) is 0.271. The first-order valence-corrected chi connectivity index (χ1v) is 7.15. The van der Waals surface area contributed by atoms with Crippen LogP contribution in [-0.2, 0) is 20.8 Å². The van der Waals surface area contributed by atoms with Crippen molar-refractivity contribution >= 4 is 5.97 Å². The van der Waals surface area contributed by atoms with E-state index >= 15 is 0 Å². The van der Waals surface area contributed by atoms with Gasteiger partial charge in [0.15, 0.2) is 0 Å². The first-order chi connectivity index (χ1) is 10.2. The normalized spacial score (nSPS) is 10.1. The largest absolute Gasteiger partial charge is 0.466 e. The van der Waals surface area contributed by atoms with Crippen LogP contribution in [0.1, 0.15) is 37.7 Å². The third kappa shape index (κ3) is 9.43. The van der Waals surface area contributed by atoms with Gasteiger partial charge in [-0.3, -0.25) is 4.79 Å². The van der Waals surface area contributed by atoms with Crippen LogP contribution in [0.25, 0.3) is 0 Å². The molecular formula is C15H21NO5. The Morgan fingerprint density at radius 1 is 1.05 bits per heavy atom. The van der Waals surface area contributed by atoms with Crippen molar-refractivity contribution in [3.05, 3.63) is 46.0 Å². The van der Waals surface area contributed by atoms with Gasteiger partial charge in [-0.15, -0.1) is 10.1 Å². The molecule has 0 radical (unpaired) electrons. The van der Waals surface area contributed by atoms with Gasteiger partial charge in [-0.1, -0.05) is 36.8 Å². The van der Waals surface area contributed by atoms with Crippen LogP contribution in [0.5, 0.6) is 0 Å². The second-order valence-corrected chi connectivity index (χ2v) is 4.68. The van der Waals surface area contributed by atoms with Crippen molar-refractivity contribution in [2.45, 2.75) is 38.5 Å². The van der Waals surface area contributed by atoms with Gasteiger partial charge in [0.05, 0.1) is 13.2 Å². The van der Waals surface area contributed by atoms with Gasteiger partial charge in [0.25, 0.3) is 5.09 Å². The molecule has 0 atom stereocenters. The topological polar surface area (TPSA) is 78.7 Å². The number of aryl methyl sites for hydroxylation is 1. The van der Waals surface area contributed by atoms with Gasteiger partial charge in [-0.2, -0.15) is 0 Å². The molecule has 0 spiro atoms. The van der Waals surface area contributed by atoms with Crippen LogP contribution in [0.15, 0.2) is 30.3 Å². The zero-order chi connectivity index (χ0) is 15.3. The minimum atomic E-state index is -0.805. The lowest BCUT2D eigenvalue weighted by atomic mass is 10.1. The Morgan fingerprint density at radius 3 is 2.52 bits per heavy atom. The first-order valence-electron chi connectivity index (χ1n) is 7.15. The van der Waals surface area contributed by atoms with Gasteiger partial charge >= 0.3 is 5.97 Å². The summed E-state index contributed by atoms with van der Waals surface area (Å²) in [6.45, 7) is 0.511. The van der Waals surface area contributed by atoms with E-state index in [0.29, 0.717) is 32.3 Å². The number of unbranched alkanes of at least 4 members (excludes halogenated alkanes) is 2. The summed E-state index contributed by atoms with van der Waals surface area (Å²) in [5, 5.41) is 9.09. The van der Waals surface area contributed by atoms with Gasteiger partial charge in [-0.25, -0.2) is 0 Å². The third-order valence-electron chi connectivity index (χ3n) is 2.94. The summed E-state index contributed by atoms with van der Waals surface area (Å²) in [5.74, 6) is -0.210. The lowest BCUT2D eigenvalue weighted by molar-refractivity contribution is -0.757. The molecule has 0 fully saturated rings. The molecule has 1 aromatic rings. The van der Waals surface area contributed by atoms with E-state index in [9.17, 15) is 14.9 Å². The molecule has 0 saturated carbocycles. The fourth-order valence-electron chi connectivity index (χ4n) is 1.87.